The van der Waals surface area contributed by atoms with Crippen LogP contribution >= 0.6 is 0 Å². The fraction of sp³-hybridized carbons (Fsp3) is 0.263. The van der Waals surface area contributed by atoms with Gasteiger partial charge in [-0.1, -0.05) is 37.3 Å². The molecule has 23 heavy (non-hydrogen) atoms. The van der Waals surface area contributed by atoms with E-state index in [1.165, 1.54) is 6.92 Å². The summed E-state index contributed by atoms with van der Waals surface area (Å²) in [4.78, 5) is 25.7. The van der Waals surface area contributed by atoms with Crippen LogP contribution in [0, 0.1) is 0 Å². The summed E-state index contributed by atoms with van der Waals surface area (Å²) >= 11 is 0. The molecule has 0 aromatic heterocycles. The first-order valence-corrected chi connectivity index (χ1v) is 7.77. The molecule has 3 rings (SSSR count). The number of anilines is 1. The summed E-state index contributed by atoms with van der Waals surface area (Å²) in [5, 5.41) is 0. The van der Waals surface area contributed by atoms with Crippen LogP contribution in [0.25, 0.3) is 0 Å². The van der Waals surface area contributed by atoms with Crippen molar-refractivity contribution in [2.24, 2.45) is 0 Å². The van der Waals surface area contributed by atoms with Crippen molar-refractivity contribution in [2.45, 2.75) is 26.4 Å². The first-order valence-electron chi connectivity index (χ1n) is 7.77. The average Bonchev–Trinajstić information content (AvgIpc) is 2.60. The van der Waals surface area contributed by atoms with Crippen LogP contribution in [0.2, 0.25) is 0 Å². The third-order valence-electron chi connectivity index (χ3n) is 4.05. The van der Waals surface area contributed by atoms with Crippen LogP contribution in [0.15, 0.2) is 48.5 Å². The second kappa shape index (κ2) is 6.24. The zero-order valence-corrected chi connectivity index (χ0v) is 13.3. The number of hydrogen-bond donors (Lipinski definition) is 0. The maximum absolute atomic E-state index is 12.4. The van der Waals surface area contributed by atoms with Crippen molar-refractivity contribution in [1.82, 2.24) is 0 Å². The van der Waals surface area contributed by atoms with Crippen LogP contribution in [0.5, 0.6) is 5.75 Å². The van der Waals surface area contributed by atoms with Crippen molar-refractivity contribution in [3.05, 3.63) is 59.7 Å². The Morgan fingerprint density at radius 2 is 1.91 bits per heavy atom. The van der Waals surface area contributed by atoms with Crippen molar-refractivity contribution < 1.29 is 14.3 Å². The third kappa shape index (κ3) is 2.97. The highest BCUT2D eigenvalue weighted by atomic mass is 16.5. The quantitative estimate of drug-likeness (QED) is 0.811. The van der Waals surface area contributed by atoms with Crippen LogP contribution in [-0.4, -0.2) is 18.2 Å². The lowest BCUT2D eigenvalue weighted by molar-refractivity contribution is -0.118. The van der Waals surface area contributed by atoms with Crippen LogP contribution in [0.3, 0.4) is 0 Å². The summed E-state index contributed by atoms with van der Waals surface area (Å²) in [5.74, 6) is 0.634. The van der Waals surface area contributed by atoms with Gasteiger partial charge in [-0.2, -0.15) is 0 Å². The Labute approximate surface area is 135 Å². The molecule has 0 N–H and O–H groups in total. The second-order valence-electron chi connectivity index (χ2n) is 5.61. The van der Waals surface area contributed by atoms with Gasteiger partial charge in [0.25, 0.3) is 0 Å². The number of ketones is 1. The molecule has 1 aliphatic rings. The number of carbonyl (C=O) groups excluding carboxylic acids is 2. The molecule has 2 aromatic rings. The summed E-state index contributed by atoms with van der Waals surface area (Å²) in [6.45, 7) is 3.80. The predicted octanol–water partition coefficient (Wildman–Crippen LogP) is 3.77. The molecule has 0 spiro atoms. The Hall–Kier alpha value is -2.62. The number of fused-ring (bicyclic) bond motifs is 1. The minimum atomic E-state index is -0.206. The molecule has 2 aromatic carbocycles. The molecular weight excluding hydrogens is 290 g/mol. The highest BCUT2D eigenvalue weighted by Gasteiger charge is 2.30. The number of benzene rings is 2. The number of ether oxygens (including phenoxy) is 1. The van der Waals surface area contributed by atoms with Crippen molar-refractivity contribution in [2.75, 3.05) is 11.4 Å². The molecule has 4 nitrogen and oxygen atoms in total. The zero-order valence-electron chi connectivity index (χ0n) is 13.3. The average molecular weight is 309 g/mol. The van der Waals surface area contributed by atoms with Gasteiger partial charge in [-0.25, -0.2) is 0 Å². The topological polar surface area (TPSA) is 46.6 Å². The van der Waals surface area contributed by atoms with E-state index < -0.39 is 0 Å². The molecule has 1 unspecified atom stereocenters. The second-order valence-corrected chi connectivity index (χ2v) is 5.61. The van der Waals surface area contributed by atoms with Crippen LogP contribution in [0.1, 0.15) is 42.3 Å². The van der Waals surface area contributed by atoms with Gasteiger partial charge in [-0.05, 0) is 30.7 Å². The molecule has 4 heteroatoms. The van der Waals surface area contributed by atoms with Crippen LogP contribution in [0.4, 0.5) is 5.69 Å². The maximum atomic E-state index is 12.4. The van der Waals surface area contributed by atoms with Crippen molar-refractivity contribution in [1.29, 1.82) is 0 Å². The van der Waals surface area contributed by atoms with Gasteiger partial charge in [0, 0.05) is 12.0 Å². The van der Waals surface area contributed by atoms with E-state index in [-0.39, 0.29) is 17.8 Å². The van der Waals surface area contributed by atoms with Gasteiger partial charge in [-0.3, -0.25) is 9.59 Å². The van der Waals surface area contributed by atoms with E-state index in [4.69, 9.17) is 4.74 Å². The van der Waals surface area contributed by atoms with Gasteiger partial charge in [0.2, 0.25) is 5.91 Å². The minimum absolute atomic E-state index is 0.0242. The molecule has 1 heterocycles. The van der Waals surface area contributed by atoms with Gasteiger partial charge in [-0.15, -0.1) is 0 Å². The van der Waals surface area contributed by atoms with E-state index in [0.29, 0.717) is 30.0 Å². The molecule has 1 aliphatic heterocycles. The minimum Gasteiger partial charge on any atom is -0.482 e. The Morgan fingerprint density at radius 1 is 1.17 bits per heavy atom. The number of amides is 1. The van der Waals surface area contributed by atoms with E-state index in [0.717, 1.165) is 5.56 Å². The largest absolute Gasteiger partial charge is 0.482 e. The fourth-order valence-electron chi connectivity index (χ4n) is 2.77. The van der Waals surface area contributed by atoms with E-state index in [2.05, 4.69) is 0 Å². The van der Waals surface area contributed by atoms with Gasteiger partial charge >= 0.3 is 0 Å². The lowest BCUT2D eigenvalue weighted by atomic mass is 10.0. The van der Waals surface area contributed by atoms with Crippen LogP contribution in [-0.2, 0) is 4.79 Å². The maximum Gasteiger partial charge on any atom is 0.226 e. The summed E-state index contributed by atoms with van der Waals surface area (Å²) in [6.07, 6.45) is 0.202. The number of rotatable bonds is 3. The predicted molar refractivity (Wildman–Crippen MR) is 88.9 cm³/mol. The number of carbonyl (C=O) groups is 2. The molecule has 0 bridgehead atoms. The molecule has 0 saturated carbocycles. The Bertz CT molecular complexity index is 740. The summed E-state index contributed by atoms with van der Waals surface area (Å²) in [6, 6.07) is 15.1. The highest BCUT2D eigenvalue weighted by Crippen LogP contribution is 2.39. The normalized spacial score (nSPS) is 16.4. The SMILES string of the molecule is CCC(=O)N1CC(c2ccccc2)Oc2ccc(C(C)=O)cc21. The standard InChI is InChI=1S/C19H19NO3/c1-3-19(22)20-12-18(14-7-5-4-6-8-14)23-17-10-9-15(13(2)21)11-16(17)20/h4-11,18H,3,12H2,1-2H3. The molecule has 1 amide bonds. The monoisotopic (exact) mass is 309 g/mol. The van der Waals surface area contributed by atoms with Crippen molar-refractivity contribution in [3.8, 4) is 5.75 Å². The van der Waals surface area contributed by atoms with E-state index in [1.807, 2.05) is 37.3 Å². The Balaban J connectivity index is 2.03. The Morgan fingerprint density at radius 3 is 2.57 bits per heavy atom. The molecule has 0 fully saturated rings. The summed E-state index contributed by atoms with van der Waals surface area (Å²) in [7, 11) is 0. The van der Waals surface area contributed by atoms with Gasteiger partial charge < -0.3 is 9.64 Å². The molecule has 0 aliphatic carbocycles. The first kappa shape index (κ1) is 15.3. The van der Waals surface area contributed by atoms with E-state index in [1.54, 1.807) is 23.1 Å². The van der Waals surface area contributed by atoms with Gasteiger partial charge in [0.15, 0.2) is 5.78 Å². The molecule has 0 radical (unpaired) electrons. The first-order chi connectivity index (χ1) is 11.1. The fourth-order valence-corrected chi connectivity index (χ4v) is 2.77. The number of nitrogens with zero attached hydrogens (tertiary/aromatic N) is 1. The highest BCUT2D eigenvalue weighted by molar-refractivity contribution is 5.99. The number of Topliss-reactive ketones (excluding diaryl/α,β-unsaturated/α-hetero) is 1. The van der Waals surface area contributed by atoms with Gasteiger partial charge in [0.1, 0.15) is 11.9 Å². The summed E-state index contributed by atoms with van der Waals surface area (Å²) < 4.78 is 6.07. The lowest BCUT2D eigenvalue weighted by Crippen LogP contribution is -2.39. The van der Waals surface area contributed by atoms with Crippen molar-refractivity contribution >= 4 is 17.4 Å². The van der Waals surface area contributed by atoms with Gasteiger partial charge in [0.05, 0.1) is 12.2 Å². The smallest absolute Gasteiger partial charge is 0.226 e. The van der Waals surface area contributed by atoms with E-state index >= 15 is 0 Å². The molecule has 0 saturated heterocycles. The zero-order chi connectivity index (χ0) is 16.4. The summed E-state index contributed by atoms with van der Waals surface area (Å²) in [5.41, 5.74) is 2.29. The molecular formula is C19H19NO3. The van der Waals surface area contributed by atoms with Crippen LogP contribution < -0.4 is 9.64 Å². The molecule has 1 atom stereocenters. The van der Waals surface area contributed by atoms with Crippen molar-refractivity contribution in [3.63, 3.8) is 0 Å². The molecule has 118 valence electrons. The lowest BCUT2D eigenvalue weighted by Gasteiger charge is -2.35. The van der Waals surface area contributed by atoms with E-state index in [9.17, 15) is 9.59 Å². The number of hydrogen-bond acceptors (Lipinski definition) is 3. The Kier molecular flexibility index (Phi) is 4.15. The third-order valence-corrected chi connectivity index (χ3v) is 4.05.